The average molecular weight is 376 g/mol. The molecule has 0 radical (unpaired) electrons. The minimum absolute atomic E-state index is 0.00220. The van der Waals surface area contributed by atoms with Gasteiger partial charge in [-0.2, -0.15) is 5.10 Å². The average Bonchev–Trinajstić information content (AvgIpc) is 3.42. The topological polar surface area (TPSA) is 53.4 Å². The van der Waals surface area contributed by atoms with Gasteiger partial charge in [0.2, 0.25) is 0 Å². The smallest absolute Gasteiger partial charge is 0.309 e. The van der Waals surface area contributed by atoms with Crippen molar-refractivity contribution in [3.05, 3.63) is 72.1 Å². The van der Waals surface area contributed by atoms with E-state index < -0.39 is 0 Å². The van der Waals surface area contributed by atoms with Gasteiger partial charge in [-0.05, 0) is 36.6 Å². The fraction of sp³-hybridized carbons (Fsp3) is 0.304. The van der Waals surface area contributed by atoms with E-state index in [0.717, 1.165) is 35.5 Å². The van der Waals surface area contributed by atoms with Gasteiger partial charge in [-0.3, -0.25) is 9.48 Å². The van der Waals surface area contributed by atoms with Crippen LogP contribution in [0.1, 0.15) is 17.7 Å². The maximum atomic E-state index is 11.5. The molecule has 0 N–H and O–H groups in total. The predicted octanol–water partition coefficient (Wildman–Crippen LogP) is 4.09. The first-order valence-electron chi connectivity index (χ1n) is 9.53. The quantitative estimate of drug-likeness (QED) is 0.583. The number of carbonyl (C=O) groups excluding carboxylic acids is 1. The Morgan fingerprint density at radius 3 is 2.61 bits per heavy atom. The van der Waals surface area contributed by atoms with Gasteiger partial charge in [0.15, 0.2) is 0 Å². The number of carbonyl (C=O) groups is 1. The van der Waals surface area contributed by atoms with Crippen molar-refractivity contribution in [2.75, 3.05) is 13.7 Å². The summed E-state index contributed by atoms with van der Waals surface area (Å²) < 4.78 is 12.6. The molecular formula is C23H24N2O3. The molecule has 144 valence electrons. The fourth-order valence-electron chi connectivity index (χ4n) is 3.46. The predicted molar refractivity (Wildman–Crippen MR) is 107 cm³/mol. The van der Waals surface area contributed by atoms with Crippen LogP contribution in [0, 0.1) is 18.8 Å². The number of hydrogen-bond acceptors (Lipinski definition) is 4. The third-order valence-corrected chi connectivity index (χ3v) is 5.19. The van der Waals surface area contributed by atoms with Gasteiger partial charge in [0.25, 0.3) is 0 Å². The first-order chi connectivity index (χ1) is 13.6. The van der Waals surface area contributed by atoms with Crippen LogP contribution in [0.4, 0.5) is 0 Å². The molecule has 1 saturated carbocycles. The van der Waals surface area contributed by atoms with Crippen molar-refractivity contribution in [1.82, 2.24) is 9.78 Å². The molecule has 0 aliphatic heterocycles. The van der Waals surface area contributed by atoms with Crippen molar-refractivity contribution in [1.29, 1.82) is 0 Å². The number of esters is 1. The van der Waals surface area contributed by atoms with Crippen LogP contribution >= 0.6 is 0 Å². The Hall–Kier alpha value is -3.08. The zero-order valence-corrected chi connectivity index (χ0v) is 16.2. The van der Waals surface area contributed by atoms with Crippen molar-refractivity contribution in [3.8, 4) is 16.9 Å². The van der Waals surface area contributed by atoms with E-state index in [1.54, 1.807) is 0 Å². The molecule has 1 aromatic heterocycles. The zero-order valence-electron chi connectivity index (χ0n) is 16.2. The molecule has 2 atom stereocenters. The van der Waals surface area contributed by atoms with E-state index in [-0.39, 0.29) is 17.8 Å². The van der Waals surface area contributed by atoms with Crippen LogP contribution in [-0.4, -0.2) is 29.5 Å². The number of benzene rings is 2. The molecule has 0 bridgehead atoms. The van der Waals surface area contributed by atoms with Gasteiger partial charge in [-0.1, -0.05) is 42.5 Å². The highest BCUT2D eigenvalue weighted by Crippen LogP contribution is 2.39. The van der Waals surface area contributed by atoms with E-state index in [9.17, 15) is 4.79 Å². The second kappa shape index (κ2) is 7.89. The second-order valence-electron chi connectivity index (χ2n) is 7.27. The Morgan fingerprint density at radius 2 is 1.89 bits per heavy atom. The summed E-state index contributed by atoms with van der Waals surface area (Å²) in [5.41, 5.74) is 4.47. The van der Waals surface area contributed by atoms with E-state index in [2.05, 4.69) is 35.6 Å². The largest absolute Gasteiger partial charge is 0.493 e. The van der Waals surface area contributed by atoms with Crippen molar-refractivity contribution >= 4 is 5.97 Å². The Bertz CT molecular complexity index is 948. The van der Waals surface area contributed by atoms with Crippen molar-refractivity contribution in [3.63, 3.8) is 0 Å². The van der Waals surface area contributed by atoms with Crippen molar-refractivity contribution < 1.29 is 14.3 Å². The summed E-state index contributed by atoms with van der Waals surface area (Å²) in [5.74, 6) is 0.952. The van der Waals surface area contributed by atoms with Gasteiger partial charge in [-0.25, -0.2) is 0 Å². The van der Waals surface area contributed by atoms with Gasteiger partial charge < -0.3 is 9.47 Å². The van der Waals surface area contributed by atoms with Gasteiger partial charge in [0.05, 0.1) is 31.9 Å². The number of rotatable bonds is 7. The van der Waals surface area contributed by atoms with E-state index >= 15 is 0 Å². The summed E-state index contributed by atoms with van der Waals surface area (Å²) >= 11 is 0. The van der Waals surface area contributed by atoms with Crippen molar-refractivity contribution in [2.45, 2.75) is 19.9 Å². The lowest BCUT2D eigenvalue weighted by atomic mass is 10.1. The lowest BCUT2D eigenvalue weighted by Gasteiger charge is -2.07. The third-order valence-electron chi connectivity index (χ3n) is 5.19. The molecule has 5 nitrogen and oxygen atoms in total. The van der Waals surface area contributed by atoms with E-state index in [1.165, 1.54) is 12.7 Å². The molecule has 1 aliphatic carbocycles. The minimum atomic E-state index is -0.132. The molecule has 5 heteroatoms. The van der Waals surface area contributed by atoms with Gasteiger partial charge >= 0.3 is 5.97 Å². The van der Waals surface area contributed by atoms with E-state index in [4.69, 9.17) is 9.47 Å². The van der Waals surface area contributed by atoms with Crippen LogP contribution in [0.5, 0.6) is 5.75 Å². The molecule has 0 unspecified atom stereocenters. The number of methoxy groups -OCH3 is 1. The normalized spacial score (nSPS) is 17.9. The maximum Gasteiger partial charge on any atom is 0.309 e. The maximum absolute atomic E-state index is 11.5. The first-order valence-corrected chi connectivity index (χ1v) is 9.53. The molecule has 28 heavy (non-hydrogen) atoms. The zero-order chi connectivity index (χ0) is 19.5. The molecule has 0 amide bonds. The molecular weight excluding hydrogens is 352 g/mol. The van der Waals surface area contributed by atoms with Crippen LogP contribution < -0.4 is 4.74 Å². The van der Waals surface area contributed by atoms with Crippen LogP contribution in [0.2, 0.25) is 0 Å². The van der Waals surface area contributed by atoms with Crippen LogP contribution in [-0.2, 0) is 16.1 Å². The Kier molecular flexibility index (Phi) is 5.15. The highest BCUT2D eigenvalue weighted by atomic mass is 16.5. The van der Waals surface area contributed by atoms with Crippen LogP contribution in [0.25, 0.3) is 11.1 Å². The molecule has 0 saturated heterocycles. The Balaban J connectivity index is 1.38. The highest BCUT2D eigenvalue weighted by Gasteiger charge is 2.44. The number of nitrogens with zero attached hydrogens (tertiary/aromatic N) is 2. The van der Waals surface area contributed by atoms with E-state index in [1.807, 2.05) is 41.9 Å². The summed E-state index contributed by atoms with van der Waals surface area (Å²) in [6.07, 6.45) is 2.94. The minimum Gasteiger partial charge on any atom is -0.493 e. The lowest BCUT2D eigenvalue weighted by molar-refractivity contribution is -0.142. The molecule has 0 spiro atoms. The molecule has 1 aliphatic rings. The van der Waals surface area contributed by atoms with Gasteiger partial charge in [-0.15, -0.1) is 0 Å². The first kappa shape index (κ1) is 18.3. The molecule has 2 aromatic carbocycles. The summed E-state index contributed by atoms with van der Waals surface area (Å²) in [7, 11) is 1.43. The standard InChI is InChI=1S/C23H24N2O3/c1-16-22(14-25(24-16)13-17-6-4-3-5-7-17)18-8-10-20(11-9-18)28-15-19-12-21(19)23(26)27-2/h3-11,14,19,21H,12-13,15H2,1-2H3/t19-,21+/m0/s1. The summed E-state index contributed by atoms with van der Waals surface area (Å²) in [6, 6.07) is 18.4. The number of hydrogen-bond donors (Lipinski definition) is 0. The third kappa shape index (κ3) is 4.09. The monoisotopic (exact) mass is 376 g/mol. The van der Waals surface area contributed by atoms with E-state index in [0.29, 0.717) is 6.61 Å². The molecule has 3 aromatic rings. The number of aromatic nitrogens is 2. The highest BCUT2D eigenvalue weighted by molar-refractivity contribution is 5.75. The summed E-state index contributed by atoms with van der Waals surface area (Å²) in [4.78, 5) is 11.5. The fourth-order valence-corrected chi connectivity index (χ4v) is 3.46. The van der Waals surface area contributed by atoms with Gasteiger partial charge in [0.1, 0.15) is 5.75 Å². The Labute approximate surface area is 164 Å². The summed E-state index contributed by atoms with van der Waals surface area (Å²) in [6.45, 7) is 3.33. The molecule has 4 rings (SSSR count). The molecule has 1 heterocycles. The Morgan fingerprint density at radius 1 is 1.14 bits per heavy atom. The van der Waals surface area contributed by atoms with Crippen LogP contribution in [0.3, 0.4) is 0 Å². The molecule has 1 fully saturated rings. The van der Waals surface area contributed by atoms with Crippen LogP contribution in [0.15, 0.2) is 60.8 Å². The van der Waals surface area contributed by atoms with Gasteiger partial charge in [0, 0.05) is 17.7 Å². The SMILES string of the molecule is COC(=O)[C@@H]1C[C@H]1COc1ccc(-c2cn(Cc3ccccc3)nc2C)cc1. The summed E-state index contributed by atoms with van der Waals surface area (Å²) in [5, 5.41) is 4.65. The van der Waals surface area contributed by atoms with Crippen molar-refractivity contribution in [2.24, 2.45) is 11.8 Å². The number of aryl methyl sites for hydroxylation is 1. The lowest BCUT2D eigenvalue weighted by Crippen LogP contribution is -2.08. The number of ether oxygens (including phenoxy) is 2. The second-order valence-corrected chi connectivity index (χ2v) is 7.27.